The van der Waals surface area contributed by atoms with Crippen LogP contribution in [0.5, 0.6) is 0 Å². The molecule has 0 bridgehead atoms. The van der Waals surface area contributed by atoms with Gasteiger partial charge in [-0.1, -0.05) is 32.1 Å². The van der Waals surface area contributed by atoms with E-state index in [1.807, 2.05) is 4.90 Å². The van der Waals surface area contributed by atoms with E-state index in [2.05, 4.69) is 20.4 Å². The summed E-state index contributed by atoms with van der Waals surface area (Å²) in [6.45, 7) is 9.88. The fraction of sp³-hybridized carbons (Fsp3) is 0.727. The van der Waals surface area contributed by atoms with Gasteiger partial charge in [-0.05, 0) is 18.9 Å². The Labute approximate surface area is 87.6 Å². The number of carbonyl (C=O) groups excluding carboxylic acids is 1. The van der Waals surface area contributed by atoms with Gasteiger partial charge >= 0.3 is 0 Å². The summed E-state index contributed by atoms with van der Waals surface area (Å²) >= 11 is 0. The van der Waals surface area contributed by atoms with E-state index in [-0.39, 0.29) is 5.91 Å². The first-order chi connectivity index (χ1) is 6.63. The average molecular weight is 193 g/mol. The lowest BCUT2D eigenvalue weighted by Gasteiger charge is -2.31. The van der Waals surface area contributed by atoms with Crippen LogP contribution in [-0.2, 0) is 4.79 Å². The Morgan fingerprint density at radius 2 is 2.07 bits per heavy atom. The van der Waals surface area contributed by atoms with E-state index in [0.29, 0.717) is 0 Å². The molecule has 1 aliphatic rings. The summed E-state index contributed by atoms with van der Waals surface area (Å²) in [5.74, 6) is 1.69. The molecule has 0 aromatic rings. The minimum absolute atomic E-state index is 0.0907. The van der Waals surface area contributed by atoms with Crippen LogP contribution >= 0.6 is 0 Å². The van der Waals surface area contributed by atoms with Crippen LogP contribution in [-0.4, -0.2) is 31.2 Å². The number of piperidine rings is 1. The zero-order valence-electron chi connectivity index (χ0n) is 9.33. The standard InChI is InChI=1S/C11H20BNO/c1-4-11(14)13-7-5-10(6-8-13)12-9(2)3/h4,9-10,12H,1,5-8H2,2-3H3. The minimum atomic E-state index is 0.0907. The van der Waals surface area contributed by atoms with Crippen LogP contribution in [0.15, 0.2) is 12.7 Å². The van der Waals surface area contributed by atoms with Crippen LogP contribution in [0.1, 0.15) is 26.7 Å². The van der Waals surface area contributed by atoms with Crippen LogP contribution in [0, 0.1) is 0 Å². The lowest BCUT2D eigenvalue weighted by atomic mass is 9.53. The van der Waals surface area contributed by atoms with E-state index < -0.39 is 0 Å². The van der Waals surface area contributed by atoms with E-state index >= 15 is 0 Å². The number of likely N-dealkylation sites (tertiary alicyclic amines) is 1. The van der Waals surface area contributed by atoms with Crippen molar-refractivity contribution in [2.24, 2.45) is 0 Å². The highest BCUT2D eigenvalue weighted by Crippen LogP contribution is 2.25. The zero-order chi connectivity index (χ0) is 10.6. The predicted molar refractivity (Wildman–Crippen MR) is 62.0 cm³/mol. The fourth-order valence-electron chi connectivity index (χ4n) is 2.18. The van der Waals surface area contributed by atoms with Crippen molar-refractivity contribution in [3.05, 3.63) is 12.7 Å². The Bertz CT molecular complexity index is 207. The monoisotopic (exact) mass is 193 g/mol. The van der Waals surface area contributed by atoms with Crippen molar-refractivity contribution in [2.45, 2.75) is 38.3 Å². The predicted octanol–water partition coefficient (Wildman–Crippen LogP) is 1.85. The Balaban J connectivity index is 2.31. The van der Waals surface area contributed by atoms with E-state index in [1.54, 1.807) is 0 Å². The first-order valence-corrected chi connectivity index (χ1v) is 5.54. The van der Waals surface area contributed by atoms with E-state index in [9.17, 15) is 4.79 Å². The largest absolute Gasteiger partial charge is 0.339 e. The third-order valence-corrected chi connectivity index (χ3v) is 2.91. The molecule has 3 heteroatoms. The number of rotatable bonds is 3. The van der Waals surface area contributed by atoms with Crippen LogP contribution in [0.2, 0.25) is 11.6 Å². The molecule has 1 saturated heterocycles. The number of nitrogens with zero attached hydrogens (tertiary/aromatic N) is 1. The maximum absolute atomic E-state index is 11.3. The molecule has 0 atom stereocenters. The van der Waals surface area contributed by atoms with Gasteiger partial charge in [0, 0.05) is 13.1 Å². The van der Waals surface area contributed by atoms with Gasteiger partial charge in [0.15, 0.2) is 0 Å². The van der Waals surface area contributed by atoms with Gasteiger partial charge in [-0.25, -0.2) is 0 Å². The summed E-state index contributed by atoms with van der Waals surface area (Å²) < 4.78 is 0. The molecule has 0 unspecified atom stereocenters. The van der Waals surface area contributed by atoms with Crippen LogP contribution < -0.4 is 0 Å². The van der Waals surface area contributed by atoms with Crippen molar-refractivity contribution in [1.82, 2.24) is 4.90 Å². The van der Waals surface area contributed by atoms with Gasteiger partial charge in [0.25, 0.3) is 0 Å². The molecular weight excluding hydrogens is 173 g/mol. The Morgan fingerprint density at radius 3 is 2.50 bits per heavy atom. The zero-order valence-corrected chi connectivity index (χ0v) is 9.33. The summed E-state index contributed by atoms with van der Waals surface area (Å²) in [5, 5.41) is 0. The summed E-state index contributed by atoms with van der Waals surface area (Å²) in [4.78, 5) is 13.2. The van der Waals surface area contributed by atoms with Gasteiger partial charge in [-0.15, -0.1) is 0 Å². The molecule has 1 rings (SSSR count). The molecule has 0 radical (unpaired) electrons. The van der Waals surface area contributed by atoms with Crippen LogP contribution in [0.25, 0.3) is 0 Å². The first-order valence-electron chi connectivity index (χ1n) is 5.54. The second-order valence-electron chi connectivity index (χ2n) is 4.60. The maximum atomic E-state index is 11.3. The number of hydrogen-bond donors (Lipinski definition) is 0. The van der Waals surface area contributed by atoms with Gasteiger partial charge in [0.1, 0.15) is 7.28 Å². The van der Waals surface area contributed by atoms with Crippen molar-refractivity contribution >= 4 is 13.2 Å². The molecule has 0 aromatic carbocycles. The Kier molecular flexibility index (Phi) is 4.24. The Hall–Kier alpha value is -0.725. The third kappa shape index (κ3) is 3.20. The molecule has 78 valence electrons. The lowest BCUT2D eigenvalue weighted by Crippen LogP contribution is -2.37. The highest BCUT2D eigenvalue weighted by Gasteiger charge is 2.22. The maximum Gasteiger partial charge on any atom is 0.245 e. The first kappa shape index (κ1) is 11.4. The molecule has 1 heterocycles. The summed E-state index contributed by atoms with van der Waals surface area (Å²) in [5.41, 5.74) is 0. The number of hydrogen-bond acceptors (Lipinski definition) is 1. The molecule has 2 nitrogen and oxygen atoms in total. The highest BCUT2D eigenvalue weighted by atomic mass is 16.2. The number of amides is 1. The summed E-state index contributed by atoms with van der Waals surface area (Å²) in [6, 6.07) is 0. The van der Waals surface area contributed by atoms with Gasteiger partial charge in [0.05, 0.1) is 0 Å². The Morgan fingerprint density at radius 1 is 1.50 bits per heavy atom. The van der Waals surface area contributed by atoms with E-state index in [1.165, 1.54) is 13.4 Å². The number of carbonyl (C=O) groups is 1. The molecule has 0 spiro atoms. The molecule has 1 aliphatic heterocycles. The molecule has 0 saturated carbocycles. The van der Waals surface area contributed by atoms with Crippen LogP contribution in [0.3, 0.4) is 0 Å². The fourth-order valence-corrected chi connectivity index (χ4v) is 2.18. The molecular formula is C11H20BNO. The second-order valence-corrected chi connectivity index (χ2v) is 4.60. The van der Waals surface area contributed by atoms with Gasteiger partial charge < -0.3 is 4.90 Å². The second kappa shape index (κ2) is 5.23. The van der Waals surface area contributed by atoms with Gasteiger partial charge in [-0.3, -0.25) is 4.79 Å². The van der Waals surface area contributed by atoms with Crippen LogP contribution in [0.4, 0.5) is 0 Å². The van der Waals surface area contributed by atoms with Crippen molar-refractivity contribution in [2.75, 3.05) is 13.1 Å². The van der Waals surface area contributed by atoms with Crippen molar-refractivity contribution in [1.29, 1.82) is 0 Å². The van der Waals surface area contributed by atoms with Crippen molar-refractivity contribution < 1.29 is 4.79 Å². The minimum Gasteiger partial charge on any atom is -0.339 e. The molecule has 0 N–H and O–H groups in total. The molecule has 0 aliphatic carbocycles. The van der Waals surface area contributed by atoms with E-state index in [4.69, 9.17) is 0 Å². The third-order valence-electron chi connectivity index (χ3n) is 2.91. The van der Waals surface area contributed by atoms with E-state index in [0.717, 1.165) is 37.6 Å². The smallest absolute Gasteiger partial charge is 0.245 e. The topological polar surface area (TPSA) is 20.3 Å². The van der Waals surface area contributed by atoms with Crippen molar-refractivity contribution in [3.63, 3.8) is 0 Å². The molecule has 1 amide bonds. The lowest BCUT2D eigenvalue weighted by molar-refractivity contribution is -0.126. The molecule has 0 aromatic heterocycles. The normalized spacial score (nSPS) is 18.4. The van der Waals surface area contributed by atoms with Gasteiger partial charge in [0.2, 0.25) is 5.91 Å². The SMILES string of the molecule is C=CC(=O)N1CCC(BC(C)C)CC1. The van der Waals surface area contributed by atoms with Crippen molar-refractivity contribution in [3.8, 4) is 0 Å². The molecule has 1 fully saturated rings. The summed E-state index contributed by atoms with van der Waals surface area (Å²) in [7, 11) is 1.30. The quantitative estimate of drug-likeness (QED) is 0.494. The average Bonchev–Trinajstić information content (AvgIpc) is 2.17. The highest BCUT2D eigenvalue weighted by molar-refractivity contribution is 6.39. The molecule has 14 heavy (non-hydrogen) atoms. The summed E-state index contributed by atoms with van der Waals surface area (Å²) in [6.07, 6.45) is 3.75. The van der Waals surface area contributed by atoms with Gasteiger partial charge in [-0.2, -0.15) is 0 Å².